The molecular formula is C19H22N4O5. The largest absolute Gasteiger partial charge is 0.496 e. The van der Waals surface area contributed by atoms with Gasteiger partial charge in [0.25, 0.3) is 5.56 Å². The third-order valence-corrected chi connectivity index (χ3v) is 4.30. The lowest BCUT2D eigenvalue weighted by Gasteiger charge is -2.15. The molecule has 9 heteroatoms. The molecule has 9 nitrogen and oxygen atoms in total. The van der Waals surface area contributed by atoms with E-state index in [0.29, 0.717) is 34.1 Å². The lowest BCUT2D eigenvalue weighted by molar-refractivity contribution is -0.122. The third-order valence-electron chi connectivity index (χ3n) is 4.30. The van der Waals surface area contributed by atoms with Gasteiger partial charge in [-0.05, 0) is 25.5 Å². The highest BCUT2D eigenvalue weighted by atomic mass is 16.5. The van der Waals surface area contributed by atoms with Crippen LogP contribution in [-0.2, 0) is 17.9 Å². The van der Waals surface area contributed by atoms with E-state index in [0.717, 1.165) is 4.68 Å². The van der Waals surface area contributed by atoms with Crippen LogP contribution in [0.2, 0.25) is 0 Å². The Morgan fingerprint density at radius 3 is 2.32 bits per heavy atom. The van der Waals surface area contributed by atoms with Crippen molar-refractivity contribution in [1.29, 1.82) is 5.26 Å². The van der Waals surface area contributed by atoms with Gasteiger partial charge in [-0.2, -0.15) is 10.4 Å². The van der Waals surface area contributed by atoms with Crippen LogP contribution in [0.25, 0.3) is 0 Å². The predicted octanol–water partition coefficient (Wildman–Crippen LogP) is 1.07. The van der Waals surface area contributed by atoms with Crippen molar-refractivity contribution in [3.63, 3.8) is 0 Å². The van der Waals surface area contributed by atoms with E-state index >= 15 is 0 Å². The van der Waals surface area contributed by atoms with Gasteiger partial charge < -0.3 is 19.5 Å². The summed E-state index contributed by atoms with van der Waals surface area (Å²) < 4.78 is 16.8. The number of nitriles is 1. The Morgan fingerprint density at radius 2 is 1.75 bits per heavy atom. The maximum Gasteiger partial charge on any atom is 0.285 e. The average Bonchev–Trinajstić information content (AvgIpc) is 2.70. The van der Waals surface area contributed by atoms with Crippen molar-refractivity contribution in [2.24, 2.45) is 0 Å². The summed E-state index contributed by atoms with van der Waals surface area (Å²) in [6.07, 6.45) is 0. The van der Waals surface area contributed by atoms with Crippen LogP contribution in [0.5, 0.6) is 17.2 Å². The van der Waals surface area contributed by atoms with Crippen molar-refractivity contribution >= 4 is 5.91 Å². The fourth-order valence-corrected chi connectivity index (χ4v) is 2.63. The van der Waals surface area contributed by atoms with Crippen molar-refractivity contribution in [3.8, 4) is 23.3 Å². The molecule has 0 radical (unpaired) electrons. The number of rotatable bonds is 7. The van der Waals surface area contributed by atoms with Crippen LogP contribution in [0.15, 0.2) is 16.9 Å². The Bertz CT molecular complexity index is 991. The molecule has 1 heterocycles. The number of aryl methyl sites for hydroxylation is 1. The first-order chi connectivity index (χ1) is 13.4. The highest BCUT2D eigenvalue weighted by Crippen LogP contribution is 2.34. The zero-order valence-electron chi connectivity index (χ0n) is 16.5. The number of aromatic nitrogens is 2. The second kappa shape index (κ2) is 8.90. The quantitative estimate of drug-likeness (QED) is 0.757. The molecule has 0 aliphatic rings. The summed E-state index contributed by atoms with van der Waals surface area (Å²) in [6.45, 7) is 3.17. The third kappa shape index (κ3) is 4.23. The number of benzene rings is 1. The van der Waals surface area contributed by atoms with Crippen molar-refractivity contribution in [2.75, 3.05) is 21.3 Å². The fourth-order valence-electron chi connectivity index (χ4n) is 2.63. The summed E-state index contributed by atoms with van der Waals surface area (Å²) in [4.78, 5) is 24.6. The molecule has 0 unspecified atom stereocenters. The monoisotopic (exact) mass is 386 g/mol. The van der Waals surface area contributed by atoms with Crippen molar-refractivity contribution < 1.29 is 19.0 Å². The maximum atomic E-state index is 12.3. The van der Waals surface area contributed by atoms with E-state index in [1.165, 1.54) is 21.3 Å². The van der Waals surface area contributed by atoms with Crippen LogP contribution < -0.4 is 25.1 Å². The summed E-state index contributed by atoms with van der Waals surface area (Å²) in [5.74, 6) is 1.09. The summed E-state index contributed by atoms with van der Waals surface area (Å²) in [6, 6.07) is 5.23. The van der Waals surface area contributed by atoms with Gasteiger partial charge in [0.1, 0.15) is 23.9 Å². The molecule has 1 aromatic carbocycles. The molecule has 148 valence electrons. The van der Waals surface area contributed by atoms with E-state index in [1.807, 2.05) is 6.07 Å². The summed E-state index contributed by atoms with van der Waals surface area (Å²) in [5.41, 5.74) is 1.10. The molecule has 1 amide bonds. The first-order valence-corrected chi connectivity index (χ1v) is 8.40. The van der Waals surface area contributed by atoms with E-state index in [2.05, 4.69) is 10.4 Å². The first kappa shape index (κ1) is 20.8. The second-order valence-electron chi connectivity index (χ2n) is 5.96. The van der Waals surface area contributed by atoms with Gasteiger partial charge in [-0.25, -0.2) is 4.68 Å². The van der Waals surface area contributed by atoms with Crippen molar-refractivity contribution in [1.82, 2.24) is 15.1 Å². The lowest BCUT2D eigenvalue weighted by atomic mass is 10.1. The van der Waals surface area contributed by atoms with Crippen molar-refractivity contribution in [2.45, 2.75) is 26.9 Å². The van der Waals surface area contributed by atoms with Crippen LogP contribution in [0, 0.1) is 25.2 Å². The van der Waals surface area contributed by atoms with E-state index < -0.39 is 11.5 Å². The molecular weight excluding hydrogens is 364 g/mol. The van der Waals surface area contributed by atoms with Crippen LogP contribution in [0.3, 0.4) is 0 Å². The van der Waals surface area contributed by atoms with Crippen LogP contribution in [0.1, 0.15) is 22.4 Å². The van der Waals surface area contributed by atoms with Gasteiger partial charge in [0.15, 0.2) is 11.5 Å². The number of hydrogen-bond acceptors (Lipinski definition) is 7. The minimum atomic E-state index is -0.593. The molecule has 1 aromatic heterocycles. The van der Waals surface area contributed by atoms with E-state index in [1.54, 1.807) is 26.0 Å². The summed E-state index contributed by atoms with van der Waals surface area (Å²) in [7, 11) is 4.54. The topological polar surface area (TPSA) is 115 Å². The van der Waals surface area contributed by atoms with Gasteiger partial charge in [0.05, 0.1) is 27.0 Å². The van der Waals surface area contributed by atoms with E-state index in [4.69, 9.17) is 19.5 Å². The number of carbonyl (C=O) groups is 1. The molecule has 0 aliphatic carbocycles. The van der Waals surface area contributed by atoms with Gasteiger partial charge in [-0.15, -0.1) is 0 Å². The molecule has 0 atom stereocenters. The number of methoxy groups -OCH3 is 3. The van der Waals surface area contributed by atoms with Crippen LogP contribution >= 0.6 is 0 Å². The minimum Gasteiger partial charge on any atom is -0.496 e. The first-order valence-electron chi connectivity index (χ1n) is 8.40. The number of nitrogens with zero attached hydrogens (tertiary/aromatic N) is 3. The van der Waals surface area contributed by atoms with E-state index in [9.17, 15) is 9.59 Å². The number of hydrogen-bond donors (Lipinski definition) is 1. The standard InChI is InChI=1S/C19H22N4O5/c1-11-12(2)22-23(19(25)14(11)8-20)10-18(24)21-9-13-6-16(27-4)17(28-5)7-15(13)26-3/h6-7H,9-10H2,1-5H3,(H,21,24). The summed E-state index contributed by atoms with van der Waals surface area (Å²) >= 11 is 0. The normalized spacial score (nSPS) is 10.1. The smallest absolute Gasteiger partial charge is 0.285 e. The van der Waals surface area contributed by atoms with Crippen LogP contribution in [0.4, 0.5) is 0 Å². The van der Waals surface area contributed by atoms with Gasteiger partial charge in [-0.1, -0.05) is 0 Å². The van der Waals surface area contributed by atoms with Gasteiger partial charge in [-0.3, -0.25) is 9.59 Å². The zero-order chi connectivity index (χ0) is 20.8. The zero-order valence-corrected chi connectivity index (χ0v) is 16.5. The van der Waals surface area contributed by atoms with Crippen molar-refractivity contribution in [3.05, 3.63) is 44.9 Å². The Kier molecular flexibility index (Phi) is 6.60. The second-order valence-corrected chi connectivity index (χ2v) is 5.96. The Morgan fingerprint density at radius 1 is 1.14 bits per heavy atom. The van der Waals surface area contributed by atoms with Gasteiger partial charge in [0, 0.05) is 18.2 Å². The highest BCUT2D eigenvalue weighted by molar-refractivity contribution is 5.75. The Hall–Kier alpha value is -3.54. The molecule has 2 rings (SSSR count). The molecule has 0 bridgehead atoms. The molecule has 28 heavy (non-hydrogen) atoms. The lowest BCUT2D eigenvalue weighted by Crippen LogP contribution is -2.35. The van der Waals surface area contributed by atoms with E-state index in [-0.39, 0.29) is 18.7 Å². The number of amides is 1. The number of carbonyl (C=O) groups excluding carboxylic acids is 1. The predicted molar refractivity (Wildman–Crippen MR) is 101 cm³/mol. The summed E-state index contributed by atoms with van der Waals surface area (Å²) in [5, 5.41) is 16.0. The molecule has 2 aromatic rings. The minimum absolute atomic E-state index is 0.0122. The molecule has 0 aliphatic heterocycles. The maximum absolute atomic E-state index is 12.3. The highest BCUT2D eigenvalue weighted by Gasteiger charge is 2.15. The average molecular weight is 386 g/mol. The Labute approximate surface area is 162 Å². The molecule has 1 N–H and O–H groups in total. The van der Waals surface area contributed by atoms with Gasteiger partial charge in [0.2, 0.25) is 5.91 Å². The Balaban J connectivity index is 2.19. The number of nitrogens with one attached hydrogen (secondary N) is 1. The van der Waals surface area contributed by atoms with Crippen LogP contribution in [-0.4, -0.2) is 37.0 Å². The van der Waals surface area contributed by atoms with Gasteiger partial charge >= 0.3 is 0 Å². The molecule has 0 fully saturated rings. The molecule has 0 saturated carbocycles. The molecule has 0 saturated heterocycles. The molecule has 0 spiro atoms. The number of ether oxygens (including phenoxy) is 3. The SMILES string of the molecule is COc1cc(OC)c(OC)cc1CNC(=O)Cn1nc(C)c(C)c(C#N)c1=O. The fraction of sp³-hybridized carbons (Fsp3) is 0.368.